The lowest BCUT2D eigenvalue weighted by atomic mass is 10.2. The van der Waals surface area contributed by atoms with Gasteiger partial charge in [-0.25, -0.2) is 12.8 Å². The predicted molar refractivity (Wildman–Crippen MR) is 106 cm³/mol. The van der Waals surface area contributed by atoms with Gasteiger partial charge in [-0.2, -0.15) is 4.98 Å². The second-order valence-electron chi connectivity index (χ2n) is 6.99. The van der Waals surface area contributed by atoms with Gasteiger partial charge >= 0.3 is 0 Å². The number of benzene rings is 2. The van der Waals surface area contributed by atoms with Crippen LogP contribution < -0.4 is 5.32 Å². The van der Waals surface area contributed by atoms with Gasteiger partial charge in [0.15, 0.2) is 0 Å². The molecule has 0 bridgehead atoms. The molecule has 1 aliphatic heterocycles. The second-order valence-corrected chi connectivity index (χ2v) is 8.86. The summed E-state index contributed by atoms with van der Waals surface area (Å²) in [4.78, 5) is 4.37. The molecule has 1 fully saturated rings. The van der Waals surface area contributed by atoms with Crippen LogP contribution in [0.5, 0.6) is 0 Å². The summed E-state index contributed by atoms with van der Waals surface area (Å²) >= 11 is 0. The molecule has 6 nitrogen and oxygen atoms in total. The Hall–Kier alpha value is -2.71. The van der Waals surface area contributed by atoms with Gasteiger partial charge in [-0.15, -0.1) is 0 Å². The Morgan fingerprint density at radius 3 is 2.52 bits per heavy atom. The highest BCUT2D eigenvalue weighted by molar-refractivity contribution is 7.91. The quantitative estimate of drug-likeness (QED) is 0.648. The number of hydrogen-bond donors (Lipinski definition) is 1. The van der Waals surface area contributed by atoms with Gasteiger partial charge in [0, 0.05) is 18.7 Å². The smallest absolute Gasteiger partial charge is 0.233 e. The van der Waals surface area contributed by atoms with Crippen molar-refractivity contribution in [2.75, 3.05) is 18.5 Å². The average molecular weight is 416 g/mol. The van der Waals surface area contributed by atoms with Crippen LogP contribution in [0.2, 0.25) is 0 Å². The molecule has 152 valence electrons. The van der Waals surface area contributed by atoms with Crippen molar-refractivity contribution < 1.29 is 22.0 Å². The molecule has 1 unspecified atom stereocenters. The molecule has 0 saturated carbocycles. The fraction of sp³-hybridized carbons (Fsp3) is 0.286. The zero-order valence-corrected chi connectivity index (χ0v) is 16.7. The maximum Gasteiger partial charge on any atom is 0.233 e. The normalized spacial score (nSPS) is 16.8. The largest absolute Gasteiger partial charge is 0.419 e. The van der Waals surface area contributed by atoms with E-state index in [1.807, 2.05) is 6.92 Å². The first-order chi connectivity index (χ1) is 13.9. The van der Waals surface area contributed by atoms with E-state index in [0.717, 1.165) is 18.4 Å². The van der Waals surface area contributed by atoms with E-state index in [1.165, 1.54) is 24.3 Å². The minimum atomic E-state index is -3.91. The number of nitrogens with zero attached hydrogens (tertiary/aromatic N) is 1. The number of nitrogens with one attached hydrogen (secondary N) is 1. The summed E-state index contributed by atoms with van der Waals surface area (Å²) < 4.78 is 51.0. The van der Waals surface area contributed by atoms with Gasteiger partial charge in [0.05, 0.1) is 11.0 Å². The van der Waals surface area contributed by atoms with Crippen LogP contribution >= 0.6 is 0 Å². The Morgan fingerprint density at radius 2 is 1.86 bits per heavy atom. The number of halogens is 1. The molecule has 0 amide bonds. The van der Waals surface area contributed by atoms with Crippen LogP contribution in [0.1, 0.15) is 18.4 Å². The summed E-state index contributed by atoms with van der Waals surface area (Å²) in [6, 6.07) is 12.1. The molecular formula is C21H21FN2O4S. The lowest BCUT2D eigenvalue weighted by Crippen LogP contribution is -2.19. The highest BCUT2D eigenvalue weighted by Gasteiger charge is 2.29. The van der Waals surface area contributed by atoms with E-state index in [1.54, 1.807) is 24.3 Å². The lowest BCUT2D eigenvalue weighted by Gasteiger charge is -2.10. The van der Waals surface area contributed by atoms with Crippen molar-refractivity contribution in [1.29, 1.82) is 0 Å². The van der Waals surface area contributed by atoms with E-state index in [0.29, 0.717) is 18.7 Å². The van der Waals surface area contributed by atoms with Crippen LogP contribution in [0.15, 0.2) is 62.9 Å². The van der Waals surface area contributed by atoms with Crippen molar-refractivity contribution in [3.8, 4) is 11.5 Å². The predicted octanol–water partition coefficient (Wildman–Crippen LogP) is 4.21. The van der Waals surface area contributed by atoms with Crippen LogP contribution in [0.25, 0.3) is 11.5 Å². The Kier molecular flexibility index (Phi) is 5.38. The van der Waals surface area contributed by atoms with E-state index in [4.69, 9.17) is 9.15 Å². The summed E-state index contributed by atoms with van der Waals surface area (Å²) in [6.07, 6.45) is 1.86. The topological polar surface area (TPSA) is 81.4 Å². The molecule has 1 N–H and O–H groups in total. The van der Waals surface area contributed by atoms with Crippen LogP contribution in [0.4, 0.5) is 10.3 Å². The molecule has 4 rings (SSSR count). The molecule has 3 aromatic rings. The third kappa shape index (κ3) is 4.18. The molecule has 0 aliphatic carbocycles. The first-order valence-corrected chi connectivity index (χ1v) is 10.9. The molecule has 2 aromatic carbocycles. The van der Waals surface area contributed by atoms with Crippen molar-refractivity contribution in [3.05, 3.63) is 59.9 Å². The molecule has 0 spiro atoms. The van der Waals surface area contributed by atoms with Gasteiger partial charge < -0.3 is 14.5 Å². The Labute approximate surface area is 168 Å². The SMILES string of the molecule is Cc1ccc(S(=O)(=O)c2nc(-c3ccc(F)cc3)oc2NCC2CCCO2)cc1. The third-order valence-electron chi connectivity index (χ3n) is 4.79. The number of hydrogen-bond acceptors (Lipinski definition) is 6. The highest BCUT2D eigenvalue weighted by Crippen LogP contribution is 2.32. The van der Waals surface area contributed by atoms with Gasteiger partial charge in [0.25, 0.3) is 0 Å². The minimum Gasteiger partial charge on any atom is -0.419 e. The van der Waals surface area contributed by atoms with Crippen molar-refractivity contribution >= 4 is 15.7 Å². The van der Waals surface area contributed by atoms with Crippen LogP contribution in [0.3, 0.4) is 0 Å². The second kappa shape index (κ2) is 7.96. The van der Waals surface area contributed by atoms with E-state index in [-0.39, 0.29) is 27.8 Å². The Balaban J connectivity index is 1.73. The van der Waals surface area contributed by atoms with Crippen molar-refractivity contribution in [2.45, 2.75) is 35.8 Å². The van der Waals surface area contributed by atoms with Crippen LogP contribution in [-0.2, 0) is 14.6 Å². The molecule has 0 radical (unpaired) electrons. The third-order valence-corrected chi connectivity index (χ3v) is 6.47. The number of aromatic nitrogens is 1. The number of anilines is 1. The molecule has 29 heavy (non-hydrogen) atoms. The Morgan fingerprint density at radius 1 is 1.14 bits per heavy atom. The van der Waals surface area contributed by atoms with Gasteiger partial charge in [-0.1, -0.05) is 17.7 Å². The van der Waals surface area contributed by atoms with Crippen molar-refractivity contribution in [1.82, 2.24) is 4.98 Å². The fourth-order valence-corrected chi connectivity index (χ4v) is 4.44. The van der Waals surface area contributed by atoms with Crippen molar-refractivity contribution in [2.24, 2.45) is 0 Å². The number of aryl methyl sites for hydroxylation is 1. The first kappa shape index (κ1) is 19.6. The summed E-state index contributed by atoms with van der Waals surface area (Å²) in [7, 11) is -3.91. The fourth-order valence-electron chi connectivity index (χ4n) is 3.16. The zero-order valence-electron chi connectivity index (χ0n) is 15.9. The van der Waals surface area contributed by atoms with Gasteiger partial charge in [-0.3, -0.25) is 0 Å². The minimum absolute atomic E-state index is 0.00991. The number of sulfone groups is 1. The standard InChI is InChI=1S/C21H21FN2O4S/c1-14-4-10-18(11-5-14)29(25,26)21-20(23-13-17-3-2-12-27-17)28-19(24-21)15-6-8-16(22)9-7-15/h4-11,17,23H,2-3,12-13H2,1H3. The molecule has 8 heteroatoms. The van der Waals surface area contributed by atoms with Gasteiger partial charge in [0.2, 0.25) is 26.6 Å². The summed E-state index contributed by atoms with van der Waals surface area (Å²) in [5, 5.41) is 2.84. The van der Waals surface area contributed by atoms with E-state index >= 15 is 0 Å². The molecule has 1 aromatic heterocycles. The maximum absolute atomic E-state index is 13.3. The van der Waals surface area contributed by atoms with E-state index < -0.39 is 15.7 Å². The molecule has 2 heterocycles. The molecule has 1 aliphatic rings. The Bertz CT molecular complexity index is 1090. The van der Waals surface area contributed by atoms with Crippen LogP contribution in [0, 0.1) is 12.7 Å². The molecule has 1 saturated heterocycles. The lowest BCUT2D eigenvalue weighted by molar-refractivity contribution is 0.120. The number of oxazole rings is 1. The molecule has 1 atom stereocenters. The summed E-state index contributed by atoms with van der Waals surface area (Å²) in [6.45, 7) is 2.99. The summed E-state index contributed by atoms with van der Waals surface area (Å²) in [5.74, 6) is -0.240. The first-order valence-electron chi connectivity index (χ1n) is 9.37. The molecular weight excluding hydrogens is 395 g/mol. The van der Waals surface area contributed by atoms with E-state index in [2.05, 4.69) is 10.3 Å². The van der Waals surface area contributed by atoms with E-state index in [9.17, 15) is 12.8 Å². The monoisotopic (exact) mass is 416 g/mol. The highest BCUT2D eigenvalue weighted by atomic mass is 32.2. The van der Waals surface area contributed by atoms with Gasteiger partial charge in [-0.05, 0) is 56.2 Å². The van der Waals surface area contributed by atoms with Crippen LogP contribution in [-0.4, -0.2) is 32.7 Å². The average Bonchev–Trinajstić information content (AvgIpc) is 3.37. The van der Waals surface area contributed by atoms with Gasteiger partial charge in [0.1, 0.15) is 5.82 Å². The summed E-state index contributed by atoms with van der Waals surface area (Å²) in [5.41, 5.74) is 1.43. The number of rotatable bonds is 6. The number of ether oxygens (including phenoxy) is 1. The zero-order chi connectivity index (χ0) is 20.4. The van der Waals surface area contributed by atoms with Crippen molar-refractivity contribution in [3.63, 3.8) is 0 Å². The maximum atomic E-state index is 13.3.